The Balaban J connectivity index is 2.15. The van der Waals surface area contributed by atoms with Crippen molar-refractivity contribution in [3.8, 4) is 0 Å². The van der Waals surface area contributed by atoms with Crippen LogP contribution in [0.2, 0.25) is 0 Å². The zero-order valence-electron chi connectivity index (χ0n) is 12.2. The van der Waals surface area contributed by atoms with Crippen molar-refractivity contribution in [1.29, 1.82) is 0 Å². The highest BCUT2D eigenvalue weighted by Gasteiger charge is 2.38. The minimum absolute atomic E-state index is 0.0906. The van der Waals surface area contributed by atoms with Gasteiger partial charge in [0.15, 0.2) is 0 Å². The van der Waals surface area contributed by atoms with Gasteiger partial charge in [0.25, 0.3) is 0 Å². The van der Waals surface area contributed by atoms with Crippen LogP contribution in [0.1, 0.15) is 70.7 Å². The Kier molecular flexibility index (Phi) is 4.58. The molecule has 5 nitrogen and oxygen atoms in total. The molecule has 0 amide bonds. The van der Waals surface area contributed by atoms with E-state index in [1.165, 1.54) is 6.42 Å². The minimum atomic E-state index is -0.451. The molecule has 1 heterocycles. The summed E-state index contributed by atoms with van der Waals surface area (Å²) < 4.78 is 11.0. The normalized spacial score (nSPS) is 29.4. The fourth-order valence-corrected chi connectivity index (χ4v) is 2.93. The summed E-state index contributed by atoms with van der Waals surface area (Å²) in [6.07, 6.45) is 4.94. The Labute approximate surface area is 114 Å². The zero-order valence-corrected chi connectivity index (χ0v) is 12.2. The van der Waals surface area contributed by atoms with E-state index in [1.807, 2.05) is 6.92 Å². The minimum Gasteiger partial charge on any atom is -0.370 e. The van der Waals surface area contributed by atoms with Crippen molar-refractivity contribution in [3.05, 3.63) is 11.7 Å². The molecule has 0 radical (unpaired) electrons. The van der Waals surface area contributed by atoms with Gasteiger partial charge in [-0.05, 0) is 32.1 Å². The molecule has 1 aromatic rings. The van der Waals surface area contributed by atoms with Crippen LogP contribution in [0.3, 0.4) is 0 Å². The van der Waals surface area contributed by atoms with Gasteiger partial charge in [0.1, 0.15) is 6.10 Å². The molecule has 1 aliphatic carbocycles. The fraction of sp³-hybridized carbons (Fsp3) is 0.857. The molecule has 1 aliphatic rings. The van der Waals surface area contributed by atoms with E-state index in [9.17, 15) is 0 Å². The summed E-state index contributed by atoms with van der Waals surface area (Å²) in [5.74, 6) is 1.82. The van der Waals surface area contributed by atoms with Crippen molar-refractivity contribution in [2.24, 2.45) is 11.7 Å². The van der Waals surface area contributed by atoms with Crippen LogP contribution in [0.4, 0.5) is 0 Å². The number of hydrogen-bond acceptors (Lipinski definition) is 5. The average Bonchev–Trinajstić information content (AvgIpc) is 2.86. The van der Waals surface area contributed by atoms with Crippen molar-refractivity contribution < 1.29 is 9.26 Å². The molecule has 3 atom stereocenters. The second kappa shape index (κ2) is 6.01. The number of ether oxygens (including phenoxy) is 1. The van der Waals surface area contributed by atoms with E-state index < -0.39 is 5.54 Å². The van der Waals surface area contributed by atoms with E-state index in [2.05, 4.69) is 24.0 Å². The fourth-order valence-electron chi connectivity index (χ4n) is 2.93. The Hall–Kier alpha value is -0.940. The van der Waals surface area contributed by atoms with Gasteiger partial charge in [0.05, 0.1) is 5.54 Å². The van der Waals surface area contributed by atoms with Crippen molar-refractivity contribution in [1.82, 2.24) is 10.1 Å². The number of nitrogens with zero attached hydrogens (tertiary/aromatic N) is 2. The first-order chi connectivity index (χ1) is 9.09. The summed E-state index contributed by atoms with van der Waals surface area (Å²) in [5.41, 5.74) is 6.01. The van der Waals surface area contributed by atoms with Crippen LogP contribution in [0.25, 0.3) is 0 Å². The van der Waals surface area contributed by atoms with Gasteiger partial charge in [0.2, 0.25) is 11.7 Å². The Bertz CT molecular complexity index is 407. The summed E-state index contributed by atoms with van der Waals surface area (Å²) in [7, 11) is 0. The van der Waals surface area contributed by atoms with Crippen molar-refractivity contribution in [3.63, 3.8) is 0 Å². The lowest BCUT2D eigenvalue weighted by molar-refractivity contribution is 0.0518. The highest BCUT2D eigenvalue weighted by Crippen LogP contribution is 2.37. The maximum atomic E-state index is 6.46. The van der Waals surface area contributed by atoms with Gasteiger partial charge in [-0.2, -0.15) is 4.98 Å². The van der Waals surface area contributed by atoms with Gasteiger partial charge in [-0.15, -0.1) is 0 Å². The van der Waals surface area contributed by atoms with E-state index >= 15 is 0 Å². The average molecular weight is 267 g/mol. The molecule has 0 bridgehead atoms. The van der Waals surface area contributed by atoms with Crippen LogP contribution < -0.4 is 5.73 Å². The Morgan fingerprint density at radius 2 is 2.32 bits per heavy atom. The third-order valence-corrected chi connectivity index (χ3v) is 3.93. The van der Waals surface area contributed by atoms with Gasteiger partial charge in [0, 0.05) is 6.61 Å². The second-order valence-electron chi connectivity index (χ2n) is 5.67. The topological polar surface area (TPSA) is 74.2 Å². The number of aromatic nitrogens is 2. The van der Waals surface area contributed by atoms with Gasteiger partial charge in [-0.1, -0.05) is 31.8 Å². The van der Waals surface area contributed by atoms with Crippen LogP contribution in [0.5, 0.6) is 0 Å². The molecule has 19 heavy (non-hydrogen) atoms. The molecule has 1 aromatic heterocycles. The van der Waals surface area contributed by atoms with E-state index in [0.717, 1.165) is 25.7 Å². The Morgan fingerprint density at radius 1 is 1.53 bits per heavy atom. The maximum Gasteiger partial charge on any atom is 0.246 e. The van der Waals surface area contributed by atoms with E-state index in [1.54, 1.807) is 0 Å². The van der Waals surface area contributed by atoms with Crippen LogP contribution in [0, 0.1) is 5.92 Å². The first-order valence-electron chi connectivity index (χ1n) is 7.33. The van der Waals surface area contributed by atoms with Crippen molar-refractivity contribution >= 4 is 0 Å². The second-order valence-corrected chi connectivity index (χ2v) is 5.67. The van der Waals surface area contributed by atoms with Crippen molar-refractivity contribution in [2.75, 3.05) is 6.61 Å². The van der Waals surface area contributed by atoms with Crippen LogP contribution in [-0.2, 0) is 10.3 Å². The standard InChI is InChI=1S/C14H25N3O2/c1-4-11(18-5-2)12-16-13(19-17-12)14(15)8-6-7-10(3)9-14/h10-11H,4-9,15H2,1-3H3. The summed E-state index contributed by atoms with van der Waals surface area (Å²) in [4.78, 5) is 4.50. The lowest BCUT2D eigenvalue weighted by Crippen LogP contribution is -2.41. The smallest absolute Gasteiger partial charge is 0.246 e. The van der Waals surface area contributed by atoms with Crippen molar-refractivity contribution in [2.45, 2.75) is 64.5 Å². The Morgan fingerprint density at radius 3 is 2.95 bits per heavy atom. The molecule has 3 unspecified atom stereocenters. The first kappa shape index (κ1) is 14.5. The van der Waals surface area contributed by atoms with E-state index in [-0.39, 0.29) is 6.10 Å². The zero-order chi connectivity index (χ0) is 13.9. The third kappa shape index (κ3) is 3.15. The first-order valence-corrected chi connectivity index (χ1v) is 7.33. The molecule has 0 saturated heterocycles. The van der Waals surface area contributed by atoms with E-state index in [0.29, 0.717) is 24.2 Å². The van der Waals surface area contributed by atoms with Gasteiger partial charge >= 0.3 is 0 Å². The lowest BCUT2D eigenvalue weighted by atomic mass is 9.77. The van der Waals surface area contributed by atoms with Gasteiger partial charge in [-0.3, -0.25) is 0 Å². The highest BCUT2D eigenvalue weighted by atomic mass is 16.5. The van der Waals surface area contributed by atoms with E-state index in [4.69, 9.17) is 15.0 Å². The number of hydrogen-bond donors (Lipinski definition) is 1. The molecule has 2 rings (SSSR count). The van der Waals surface area contributed by atoms with Crippen LogP contribution in [-0.4, -0.2) is 16.7 Å². The summed E-state index contributed by atoms with van der Waals surface area (Å²) in [6.45, 7) is 6.90. The molecule has 0 spiro atoms. The molecule has 0 aliphatic heterocycles. The molecular formula is C14H25N3O2. The summed E-state index contributed by atoms with van der Waals surface area (Å²) >= 11 is 0. The lowest BCUT2D eigenvalue weighted by Gasteiger charge is -2.33. The molecule has 5 heteroatoms. The molecular weight excluding hydrogens is 242 g/mol. The molecule has 1 fully saturated rings. The number of rotatable bonds is 5. The highest BCUT2D eigenvalue weighted by molar-refractivity contribution is 5.05. The van der Waals surface area contributed by atoms with Gasteiger partial charge in [-0.25, -0.2) is 0 Å². The monoisotopic (exact) mass is 267 g/mol. The quantitative estimate of drug-likeness (QED) is 0.887. The predicted octanol–water partition coefficient (Wildman–Crippen LogP) is 2.92. The molecule has 1 saturated carbocycles. The SMILES string of the molecule is CCOC(CC)c1noc(C2(N)CCCC(C)C2)n1. The molecule has 108 valence electrons. The van der Waals surface area contributed by atoms with Crippen LogP contribution >= 0.6 is 0 Å². The largest absolute Gasteiger partial charge is 0.370 e. The third-order valence-electron chi connectivity index (χ3n) is 3.93. The number of nitrogens with two attached hydrogens (primary N) is 1. The molecule has 2 N–H and O–H groups in total. The van der Waals surface area contributed by atoms with Crippen LogP contribution in [0.15, 0.2) is 4.52 Å². The summed E-state index contributed by atoms with van der Waals surface area (Å²) in [5, 5.41) is 4.06. The molecule has 0 aromatic carbocycles. The van der Waals surface area contributed by atoms with Gasteiger partial charge < -0.3 is 15.0 Å². The predicted molar refractivity (Wildman–Crippen MR) is 72.5 cm³/mol. The maximum absolute atomic E-state index is 6.46. The summed E-state index contributed by atoms with van der Waals surface area (Å²) in [6, 6.07) is 0.